The Labute approximate surface area is 77.5 Å². The maximum Gasteiger partial charge on any atom is 0.418 e. The summed E-state index contributed by atoms with van der Waals surface area (Å²) in [6.45, 7) is 0. The standard InChI is InChI=1S/C8H6N2O4/c1-13-7(11)4-2-3-9-6-5(4)14-8(12)10-6/h2-3H,1H3,(H,9,10,12). The van der Waals surface area contributed by atoms with Crippen molar-refractivity contribution in [3.63, 3.8) is 0 Å². The molecule has 0 aromatic carbocycles. The second-order valence-corrected chi connectivity index (χ2v) is 2.54. The first-order valence-electron chi connectivity index (χ1n) is 3.78. The molecule has 6 heteroatoms. The number of methoxy groups -OCH3 is 1. The number of pyridine rings is 1. The average Bonchev–Trinajstić information content (AvgIpc) is 2.56. The molecule has 0 fully saturated rings. The lowest BCUT2D eigenvalue weighted by Crippen LogP contribution is -2.01. The number of nitrogens with zero attached hydrogens (tertiary/aromatic N) is 1. The first-order chi connectivity index (χ1) is 6.72. The Morgan fingerprint density at radius 3 is 3.14 bits per heavy atom. The third kappa shape index (κ3) is 1.17. The molecular weight excluding hydrogens is 188 g/mol. The topological polar surface area (TPSA) is 85.2 Å². The van der Waals surface area contributed by atoms with Gasteiger partial charge in [0.25, 0.3) is 0 Å². The van der Waals surface area contributed by atoms with Gasteiger partial charge >= 0.3 is 11.7 Å². The molecule has 0 aliphatic rings. The van der Waals surface area contributed by atoms with E-state index < -0.39 is 11.7 Å². The second kappa shape index (κ2) is 2.99. The zero-order valence-corrected chi connectivity index (χ0v) is 7.23. The van der Waals surface area contributed by atoms with E-state index in [1.165, 1.54) is 19.4 Å². The van der Waals surface area contributed by atoms with E-state index in [0.717, 1.165) is 0 Å². The van der Waals surface area contributed by atoms with Gasteiger partial charge in [-0.05, 0) is 6.07 Å². The van der Waals surface area contributed by atoms with Crippen molar-refractivity contribution >= 4 is 17.2 Å². The van der Waals surface area contributed by atoms with Crippen LogP contribution in [-0.4, -0.2) is 23.0 Å². The largest absolute Gasteiger partial charge is 0.465 e. The lowest BCUT2D eigenvalue weighted by Gasteiger charge is -1.97. The predicted molar refractivity (Wildman–Crippen MR) is 46.0 cm³/mol. The van der Waals surface area contributed by atoms with Crippen LogP contribution in [0.2, 0.25) is 0 Å². The summed E-state index contributed by atoms with van der Waals surface area (Å²) in [7, 11) is 1.25. The molecule has 0 amide bonds. The van der Waals surface area contributed by atoms with E-state index in [4.69, 9.17) is 4.42 Å². The van der Waals surface area contributed by atoms with Gasteiger partial charge in [-0.1, -0.05) is 0 Å². The fourth-order valence-corrected chi connectivity index (χ4v) is 1.13. The van der Waals surface area contributed by atoms with Gasteiger partial charge in [0.05, 0.1) is 7.11 Å². The molecule has 0 aliphatic carbocycles. The van der Waals surface area contributed by atoms with Crippen molar-refractivity contribution in [1.82, 2.24) is 9.97 Å². The van der Waals surface area contributed by atoms with Crippen LogP contribution in [0.4, 0.5) is 0 Å². The average molecular weight is 194 g/mol. The van der Waals surface area contributed by atoms with Crippen molar-refractivity contribution < 1.29 is 13.9 Å². The van der Waals surface area contributed by atoms with Gasteiger partial charge in [-0.3, -0.25) is 4.98 Å². The van der Waals surface area contributed by atoms with Gasteiger partial charge in [-0.15, -0.1) is 0 Å². The quantitative estimate of drug-likeness (QED) is 0.660. The van der Waals surface area contributed by atoms with Gasteiger partial charge in [0.15, 0.2) is 11.2 Å². The Morgan fingerprint density at radius 2 is 2.43 bits per heavy atom. The van der Waals surface area contributed by atoms with Crippen LogP contribution in [-0.2, 0) is 4.74 Å². The molecule has 0 spiro atoms. The molecule has 6 nitrogen and oxygen atoms in total. The van der Waals surface area contributed by atoms with Gasteiger partial charge in [0.1, 0.15) is 5.56 Å². The third-order valence-electron chi connectivity index (χ3n) is 1.73. The number of fused-ring (bicyclic) bond motifs is 1. The number of oxazole rings is 1. The van der Waals surface area contributed by atoms with Crippen molar-refractivity contribution in [3.8, 4) is 0 Å². The summed E-state index contributed by atoms with van der Waals surface area (Å²) in [6, 6.07) is 1.42. The van der Waals surface area contributed by atoms with E-state index in [-0.39, 0.29) is 16.8 Å². The summed E-state index contributed by atoms with van der Waals surface area (Å²) in [5.74, 6) is -1.22. The molecule has 2 heterocycles. The lowest BCUT2D eigenvalue weighted by atomic mass is 10.2. The van der Waals surface area contributed by atoms with Gasteiger partial charge in [-0.2, -0.15) is 0 Å². The van der Waals surface area contributed by atoms with Gasteiger partial charge in [0, 0.05) is 6.20 Å². The maximum absolute atomic E-state index is 11.2. The molecule has 0 unspecified atom stereocenters. The highest BCUT2D eigenvalue weighted by Gasteiger charge is 2.14. The number of esters is 1. The van der Waals surface area contributed by atoms with Gasteiger partial charge < -0.3 is 9.15 Å². The summed E-state index contributed by atoms with van der Waals surface area (Å²) in [4.78, 5) is 28.2. The maximum atomic E-state index is 11.2. The van der Waals surface area contributed by atoms with Crippen molar-refractivity contribution in [2.75, 3.05) is 7.11 Å². The van der Waals surface area contributed by atoms with E-state index in [9.17, 15) is 9.59 Å². The number of aromatic amines is 1. The molecule has 0 atom stereocenters. The van der Waals surface area contributed by atoms with Crippen LogP contribution in [0.25, 0.3) is 11.2 Å². The first kappa shape index (κ1) is 8.49. The minimum absolute atomic E-state index is 0.115. The number of carbonyl (C=O) groups is 1. The van der Waals surface area contributed by atoms with E-state index in [1.807, 2.05) is 0 Å². The smallest absolute Gasteiger partial charge is 0.418 e. The summed E-state index contributed by atoms with van der Waals surface area (Å²) in [5.41, 5.74) is 0.526. The Hall–Kier alpha value is -2.11. The minimum Gasteiger partial charge on any atom is -0.465 e. The van der Waals surface area contributed by atoms with Crippen LogP contribution in [0.15, 0.2) is 21.5 Å². The van der Waals surface area contributed by atoms with Crippen LogP contribution in [0.3, 0.4) is 0 Å². The van der Waals surface area contributed by atoms with Crippen LogP contribution >= 0.6 is 0 Å². The normalized spacial score (nSPS) is 10.4. The van der Waals surface area contributed by atoms with Crippen molar-refractivity contribution in [2.24, 2.45) is 0 Å². The first-order valence-corrected chi connectivity index (χ1v) is 3.78. The van der Waals surface area contributed by atoms with E-state index >= 15 is 0 Å². The SMILES string of the molecule is COC(=O)c1ccnc2[nH]c(=O)oc12. The summed E-state index contributed by atoms with van der Waals surface area (Å²) in [5, 5.41) is 0. The number of aromatic nitrogens is 2. The molecular formula is C8H6N2O4. The van der Waals surface area contributed by atoms with Gasteiger partial charge in [-0.25, -0.2) is 14.6 Å². The third-order valence-corrected chi connectivity index (χ3v) is 1.73. The number of ether oxygens (including phenoxy) is 1. The highest BCUT2D eigenvalue weighted by Crippen LogP contribution is 2.13. The number of hydrogen-bond donors (Lipinski definition) is 1. The Kier molecular flexibility index (Phi) is 1.81. The fraction of sp³-hybridized carbons (Fsp3) is 0.125. The molecule has 1 N–H and O–H groups in total. The monoisotopic (exact) mass is 194 g/mol. The summed E-state index contributed by atoms with van der Waals surface area (Å²) < 4.78 is 9.26. The molecule has 0 radical (unpaired) electrons. The Morgan fingerprint density at radius 1 is 1.64 bits per heavy atom. The number of hydrogen-bond acceptors (Lipinski definition) is 5. The number of rotatable bonds is 1. The second-order valence-electron chi connectivity index (χ2n) is 2.54. The minimum atomic E-state index is -0.649. The van der Waals surface area contributed by atoms with Crippen LogP contribution in [0.1, 0.15) is 10.4 Å². The van der Waals surface area contributed by atoms with E-state index in [2.05, 4.69) is 14.7 Å². The molecule has 0 saturated heterocycles. The number of H-pyrrole nitrogens is 1. The molecule has 0 bridgehead atoms. The van der Waals surface area contributed by atoms with E-state index in [1.54, 1.807) is 0 Å². The van der Waals surface area contributed by atoms with Gasteiger partial charge in [0.2, 0.25) is 0 Å². The Balaban J connectivity index is 2.76. The van der Waals surface area contributed by atoms with Crippen molar-refractivity contribution in [1.29, 1.82) is 0 Å². The van der Waals surface area contributed by atoms with Crippen LogP contribution in [0.5, 0.6) is 0 Å². The zero-order valence-electron chi connectivity index (χ0n) is 7.23. The summed E-state index contributed by atoms with van der Waals surface area (Å²) >= 11 is 0. The fourth-order valence-electron chi connectivity index (χ4n) is 1.13. The molecule has 2 aromatic heterocycles. The number of nitrogens with one attached hydrogen (secondary N) is 1. The molecule has 2 rings (SSSR count). The molecule has 0 saturated carbocycles. The lowest BCUT2D eigenvalue weighted by molar-refractivity contribution is 0.0601. The Bertz CT molecular complexity index is 540. The highest BCUT2D eigenvalue weighted by molar-refractivity contribution is 5.99. The summed E-state index contributed by atoms with van der Waals surface area (Å²) in [6.07, 6.45) is 1.39. The zero-order chi connectivity index (χ0) is 10.1. The molecule has 72 valence electrons. The molecule has 14 heavy (non-hydrogen) atoms. The molecule has 2 aromatic rings. The molecule has 0 aliphatic heterocycles. The van der Waals surface area contributed by atoms with Crippen molar-refractivity contribution in [2.45, 2.75) is 0 Å². The van der Waals surface area contributed by atoms with Crippen LogP contribution < -0.4 is 5.76 Å². The number of carbonyl (C=O) groups excluding carboxylic acids is 1. The van der Waals surface area contributed by atoms with Crippen LogP contribution in [0, 0.1) is 0 Å². The van der Waals surface area contributed by atoms with Crippen molar-refractivity contribution in [3.05, 3.63) is 28.4 Å². The highest BCUT2D eigenvalue weighted by atomic mass is 16.5. The van der Waals surface area contributed by atoms with E-state index in [0.29, 0.717) is 0 Å². The predicted octanol–water partition coefficient (Wildman–Crippen LogP) is 0.303.